The number of nitrogens with zero attached hydrogens (tertiary/aromatic N) is 2. The second kappa shape index (κ2) is 10.1. The molecule has 1 heterocycles. The van der Waals surface area contributed by atoms with Gasteiger partial charge in [0, 0.05) is 16.0 Å². The topological polar surface area (TPSA) is 70.5 Å². The average Bonchev–Trinajstić information content (AvgIpc) is 3.21. The summed E-state index contributed by atoms with van der Waals surface area (Å²) in [5.41, 5.74) is 1.49. The van der Waals surface area contributed by atoms with E-state index < -0.39 is 36.9 Å². The van der Waals surface area contributed by atoms with Gasteiger partial charge in [-0.25, -0.2) is 4.98 Å². The lowest BCUT2D eigenvalue weighted by atomic mass is 9.95. The fraction of sp³-hybridized carbons (Fsp3) is 0.227. The SMILES string of the molecule is O=C(O)CC(Cc1ccccc1)C(=O)N(CC(F)(F)F)c1nc(-c2ccccc2Cl)cs1. The van der Waals surface area contributed by atoms with Gasteiger partial charge in [0.1, 0.15) is 6.54 Å². The molecule has 32 heavy (non-hydrogen) atoms. The molecule has 0 fully saturated rings. The van der Waals surface area contributed by atoms with Gasteiger partial charge < -0.3 is 5.11 Å². The monoisotopic (exact) mass is 482 g/mol. The molecule has 10 heteroatoms. The van der Waals surface area contributed by atoms with Crippen molar-refractivity contribution in [2.75, 3.05) is 11.4 Å². The van der Waals surface area contributed by atoms with E-state index in [0.717, 1.165) is 11.3 Å². The molecule has 0 aliphatic carbocycles. The van der Waals surface area contributed by atoms with Gasteiger partial charge in [-0.3, -0.25) is 14.5 Å². The van der Waals surface area contributed by atoms with E-state index in [4.69, 9.17) is 11.6 Å². The Morgan fingerprint density at radius 1 is 1.09 bits per heavy atom. The van der Waals surface area contributed by atoms with Crippen LogP contribution in [-0.2, 0) is 16.0 Å². The summed E-state index contributed by atoms with van der Waals surface area (Å²) in [5.74, 6) is -3.42. The summed E-state index contributed by atoms with van der Waals surface area (Å²) in [6.07, 6.45) is -5.32. The number of carbonyl (C=O) groups excluding carboxylic acids is 1. The summed E-state index contributed by atoms with van der Waals surface area (Å²) in [5, 5.41) is 11.0. The molecular formula is C22H18ClF3N2O3S. The maximum absolute atomic E-state index is 13.3. The van der Waals surface area contributed by atoms with Crippen LogP contribution >= 0.6 is 22.9 Å². The Morgan fingerprint density at radius 3 is 2.38 bits per heavy atom. The van der Waals surface area contributed by atoms with Gasteiger partial charge in [-0.2, -0.15) is 13.2 Å². The molecule has 2 aromatic carbocycles. The van der Waals surface area contributed by atoms with Crippen molar-refractivity contribution < 1.29 is 27.9 Å². The standard InChI is InChI=1S/C22H18ClF3N2O3S/c23-17-9-5-4-8-16(17)18-12-32-21(27-18)28(13-22(24,25)26)20(31)15(11-19(29)30)10-14-6-2-1-3-7-14/h1-9,12,15H,10-11,13H2,(H,29,30). The number of halogens is 4. The molecule has 1 atom stereocenters. The molecule has 0 saturated carbocycles. The number of hydrogen-bond donors (Lipinski definition) is 1. The van der Waals surface area contributed by atoms with Crippen LogP contribution in [0.25, 0.3) is 11.3 Å². The number of aromatic nitrogens is 1. The Bertz CT molecular complexity index is 1090. The number of rotatable bonds is 8. The third-order valence-electron chi connectivity index (χ3n) is 4.57. The van der Waals surface area contributed by atoms with Crippen LogP contribution in [0.2, 0.25) is 5.02 Å². The maximum Gasteiger partial charge on any atom is 0.406 e. The zero-order chi connectivity index (χ0) is 23.3. The highest BCUT2D eigenvalue weighted by molar-refractivity contribution is 7.14. The number of aliphatic carboxylic acids is 1. The van der Waals surface area contributed by atoms with Crippen molar-refractivity contribution >= 4 is 39.9 Å². The Kier molecular flexibility index (Phi) is 7.52. The van der Waals surface area contributed by atoms with E-state index in [1.165, 1.54) is 5.38 Å². The van der Waals surface area contributed by atoms with Crippen LogP contribution in [0.15, 0.2) is 60.0 Å². The molecule has 168 valence electrons. The largest absolute Gasteiger partial charge is 0.481 e. The minimum absolute atomic E-state index is 0.0108. The Morgan fingerprint density at radius 2 is 1.75 bits per heavy atom. The van der Waals surface area contributed by atoms with Crippen molar-refractivity contribution in [3.8, 4) is 11.3 Å². The average molecular weight is 483 g/mol. The Labute approximate surface area is 191 Å². The molecule has 3 aromatic rings. The van der Waals surface area contributed by atoms with Crippen LogP contribution < -0.4 is 4.90 Å². The molecule has 1 aromatic heterocycles. The number of carbonyl (C=O) groups is 2. The van der Waals surface area contributed by atoms with E-state index in [1.54, 1.807) is 54.6 Å². The zero-order valence-corrected chi connectivity index (χ0v) is 18.1. The van der Waals surface area contributed by atoms with Crippen LogP contribution in [0.3, 0.4) is 0 Å². The predicted molar refractivity (Wildman–Crippen MR) is 117 cm³/mol. The molecule has 0 aliphatic rings. The number of hydrogen-bond acceptors (Lipinski definition) is 4. The smallest absolute Gasteiger partial charge is 0.406 e. The Balaban J connectivity index is 1.95. The molecule has 0 saturated heterocycles. The van der Waals surface area contributed by atoms with Crippen LogP contribution in [-0.4, -0.2) is 34.7 Å². The van der Waals surface area contributed by atoms with E-state index in [2.05, 4.69) is 4.98 Å². The van der Waals surface area contributed by atoms with Gasteiger partial charge in [-0.15, -0.1) is 11.3 Å². The lowest BCUT2D eigenvalue weighted by Crippen LogP contribution is -2.43. The number of thiazole rings is 1. The van der Waals surface area contributed by atoms with Gasteiger partial charge in [0.15, 0.2) is 5.13 Å². The summed E-state index contributed by atoms with van der Waals surface area (Å²) in [6, 6.07) is 15.3. The molecule has 0 radical (unpaired) electrons. The number of carboxylic acids is 1. The summed E-state index contributed by atoms with van der Waals surface area (Å²) >= 11 is 7.01. The lowest BCUT2D eigenvalue weighted by Gasteiger charge is -2.25. The normalized spacial score (nSPS) is 12.4. The number of carboxylic acid groups (broad SMARTS) is 1. The molecule has 1 N–H and O–H groups in total. The van der Waals surface area contributed by atoms with Crippen molar-refractivity contribution in [2.24, 2.45) is 5.92 Å². The van der Waals surface area contributed by atoms with Gasteiger partial charge in [0.2, 0.25) is 5.91 Å². The predicted octanol–water partition coefficient (Wildman–Crippen LogP) is 5.69. The summed E-state index contributed by atoms with van der Waals surface area (Å²) < 4.78 is 40.0. The molecule has 5 nitrogen and oxygen atoms in total. The highest BCUT2D eigenvalue weighted by Crippen LogP contribution is 2.34. The number of alkyl halides is 3. The van der Waals surface area contributed by atoms with Crippen molar-refractivity contribution in [1.29, 1.82) is 0 Å². The summed E-state index contributed by atoms with van der Waals surface area (Å²) in [6.45, 7) is -1.58. The first-order chi connectivity index (χ1) is 15.1. The van der Waals surface area contributed by atoms with Crippen molar-refractivity contribution in [3.05, 3.63) is 70.6 Å². The van der Waals surface area contributed by atoms with Crippen LogP contribution in [0.5, 0.6) is 0 Å². The van der Waals surface area contributed by atoms with E-state index >= 15 is 0 Å². The highest BCUT2D eigenvalue weighted by atomic mass is 35.5. The molecule has 0 spiro atoms. The van der Waals surface area contributed by atoms with Gasteiger partial charge in [-0.1, -0.05) is 60.1 Å². The third kappa shape index (κ3) is 6.30. The quantitative estimate of drug-likeness (QED) is 0.447. The van der Waals surface area contributed by atoms with E-state index in [1.807, 2.05) is 0 Å². The molecule has 0 bridgehead atoms. The van der Waals surface area contributed by atoms with Crippen molar-refractivity contribution in [2.45, 2.75) is 19.0 Å². The number of anilines is 1. The van der Waals surface area contributed by atoms with Crippen LogP contribution in [0.4, 0.5) is 18.3 Å². The van der Waals surface area contributed by atoms with Gasteiger partial charge in [0.05, 0.1) is 18.0 Å². The maximum atomic E-state index is 13.3. The van der Waals surface area contributed by atoms with E-state index in [-0.39, 0.29) is 11.6 Å². The summed E-state index contributed by atoms with van der Waals surface area (Å²) in [7, 11) is 0. The second-order valence-electron chi connectivity index (χ2n) is 7.02. The molecule has 1 amide bonds. The van der Waals surface area contributed by atoms with Crippen LogP contribution in [0, 0.1) is 5.92 Å². The number of amides is 1. The fourth-order valence-electron chi connectivity index (χ4n) is 3.18. The minimum atomic E-state index is -4.70. The first kappa shape index (κ1) is 23.7. The fourth-order valence-corrected chi connectivity index (χ4v) is 4.24. The van der Waals surface area contributed by atoms with Crippen molar-refractivity contribution in [1.82, 2.24) is 4.98 Å². The highest BCUT2D eigenvalue weighted by Gasteiger charge is 2.38. The first-order valence-corrected chi connectivity index (χ1v) is 10.7. The van der Waals surface area contributed by atoms with E-state index in [0.29, 0.717) is 26.7 Å². The zero-order valence-electron chi connectivity index (χ0n) is 16.6. The van der Waals surface area contributed by atoms with Crippen LogP contribution in [0.1, 0.15) is 12.0 Å². The molecular weight excluding hydrogens is 465 g/mol. The molecule has 0 aliphatic heterocycles. The minimum Gasteiger partial charge on any atom is -0.481 e. The van der Waals surface area contributed by atoms with Gasteiger partial charge >= 0.3 is 12.1 Å². The first-order valence-electron chi connectivity index (χ1n) is 9.48. The second-order valence-corrected chi connectivity index (χ2v) is 8.26. The van der Waals surface area contributed by atoms with Crippen molar-refractivity contribution in [3.63, 3.8) is 0 Å². The van der Waals surface area contributed by atoms with Gasteiger partial charge in [0.25, 0.3) is 0 Å². The lowest BCUT2D eigenvalue weighted by molar-refractivity contribution is -0.142. The third-order valence-corrected chi connectivity index (χ3v) is 5.76. The molecule has 3 rings (SSSR count). The molecule has 1 unspecified atom stereocenters. The summed E-state index contributed by atoms with van der Waals surface area (Å²) in [4.78, 5) is 29.3. The Hall–Kier alpha value is -2.91. The number of benzene rings is 2. The van der Waals surface area contributed by atoms with E-state index in [9.17, 15) is 27.9 Å². The van der Waals surface area contributed by atoms with Gasteiger partial charge in [-0.05, 0) is 18.1 Å².